The summed E-state index contributed by atoms with van der Waals surface area (Å²) in [4.78, 5) is 41.2. The maximum absolute atomic E-state index is 12.6. The standard InChI is InChI=1S/C21H27N3O4/c1-12(2)28-21(27)17-13(3)18(23-14(17)4)19(25)22-11-15-7-9-16(10-8-15)20(26)24(5)6/h7-10,12,23H,11H2,1-6H3,(H,22,25). The van der Waals surface area contributed by atoms with Crippen molar-refractivity contribution in [2.24, 2.45) is 0 Å². The summed E-state index contributed by atoms with van der Waals surface area (Å²) in [6, 6.07) is 7.06. The van der Waals surface area contributed by atoms with Crippen LogP contribution >= 0.6 is 0 Å². The van der Waals surface area contributed by atoms with E-state index in [4.69, 9.17) is 4.74 Å². The van der Waals surface area contributed by atoms with Crippen molar-refractivity contribution in [3.05, 3.63) is 57.9 Å². The van der Waals surface area contributed by atoms with Crippen LogP contribution in [0.3, 0.4) is 0 Å². The Bertz CT molecular complexity index is 880. The number of aromatic amines is 1. The van der Waals surface area contributed by atoms with Gasteiger partial charge in [0.2, 0.25) is 0 Å². The van der Waals surface area contributed by atoms with Crippen molar-refractivity contribution in [2.45, 2.75) is 40.3 Å². The van der Waals surface area contributed by atoms with Gasteiger partial charge in [0.15, 0.2) is 0 Å². The molecule has 0 fully saturated rings. The van der Waals surface area contributed by atoms with Crippen molar-refractivity contribution in [3.63, 3.8) is 0 Å². The predicted molar refractivity (Wildman–Crippen MR) is 106 cm³/mol. The van der Waals surface area contributed by atoms with Gasteiger partial charge >= 0.3 is 5.97 Å². The number of rotatable bonds is 6. The fourth-order valence-electron chi connectivity index (χ4n) is 2.85. The highest BCUT2D eigenvalue weighted by molar-refractivity contribution is 6.00. The molecule has 2 rings (SSSR count). The van der Waals surface area contributed by atoms with E-state index in [0.29, 0.717) is 34.6 Å². The topological polar surface area (TPSA) is 91.5 Å². The molecule has 0 saturated heterocycles. The molecule has 0 atom stereocenters. The molecule has 0 aliphatic carbocycles. The van der Waals surface area contributed by atoms with Crippen molar-refractivity contribution in [2.75, 3.05) is 14.1 Å². The fraction of sp³-hybridized carbons (Fsp3) is 0.381. The van der Waals surface area contributed by atoms with Gasteiger partial charge in [0.25, 0.3) is 11.8 Å². The number of esters is 1. The summed E-state index contributed by atoms with van der Waals surface area (Å²) in [6.45, 7) is 7.32. The van der Waals surface area contributed by atoms with Gasteiger partial charge in [-0.25, -0.2) is 4.79 Å². The molecule has 1 aromatic carbocycles. The number of H-pyrrole nitrogens is 1. The molecule has 2 N–H and O–H groups in total. The second-order valence-corrected chi connectivity index (χ2v) is 7.16. The van der Waals surface area contributed by atoms with Gasteiger partial charge in [-0.3, -0.25) is 9.59 Å². The lowest BCUT2D eigenvalue weighted by Crippen LogP contribution is -2.24. The normalized spacial score (nSPS) is 10.7. The first-order chi connectivity index (χ1) is 13.1. The lowest BCUT2D eigenvalue weighted by Gasteiger charge is -2.11. The highest BCUT2D eigenvalue weighted by Gasteiger charge is 2.23. The summed E-state index contributed by atoms with van der Waals surface area (Å²) in [5, 5.41) is 2.83. The first-order valence-corrected chi connectivity index (χ1v) is 9.10. The first-order valence-electron chi connectivity index (χ1n) is 9.10. The molecular weight excluding hydrogens is 358 g/mol. The maximum Gasteiger partial charge on any atom is 0.340 e. The monoisotopic (exact) mass is 385 g/mol. The minimum absolute atomic E-state index is 0.0751. The lowest BCUT2D eigenvalue weighted by molar-refractivity contribution is 0.0376. The fourth-order valence-corrected chi connectivity index (χ4v) is 2.85. The van der Waals surface area contributed by atoms with Gasteiger partial charge in [-0.1, -0.05) is 12.1 Å². The van der Waals surface area contributed by atoms with E-state index in [-0.39, 0.29) is 17.9 Å². The van der Waals surface area contributed by atoms with E-state index in [1.54, 1.807) is 66.1 Å². The summed E-state index contributed by atoms with van der Waals surface area (Å²) in [7, 11) is 3.39. The Hall–Kier alpha value is -3.09. The van der Waals surface area contributed by atoms with E-state index in [1.165, 1.54) is 4.90 Å². The number of hydrogen-bond donors (Lipinski definition) is 2. The van der Waals surface area contributed by atoms with Gasteiger partial charge in [-0.2, -0.15) is 0 Å². The zero-order valence-electron chi connectivity index (χ0n) is 17.2. The van der Waals surface area contributed by atoms with E-state index < -0.39 is 5.97 Å². The molecule has 0 aliphatic rings. The number of carbonyl (C=O) groups excluding carboxylic acids is 3. The molecule has 0 saturated carbocycles. The van der Waals surface area contributed by atoms with Gasteiger partial charge in [0.05, 0.1) is 11.7 Å². The molecule has 2 amide bonds. The van der Waals surface area contributed by atoms with Crippen LogP contribution < -0.4 is 5.32 Å². The third-order valence-corrected chi connectivity index (χ3v) is 4.27. The molecule has 1 heterocycles. The number of carbonyl (C=O) groups is 3. The average molecular weight is 385 g/mol. The van der Waals surface area contributed by atoms with Crippen LogP contribution in [0.25, 0.3) is 0 Å². The average Bonchev–Trinajstić information content (AvgIpc) is 2.93. The SMILES string of the molecule is Cc1[nH]c(C(=O)NCc2ccc(C(=O)N(C)C)cc2)c(C)c1C(=O)OC(C)C. The molecule has 0 unspecified atom stereocenters. The number of aryl methyl sites for hydroxylation is 1. The molecule has 0 spiro atoms. The molecular formula is C21H27N3O4. The molecule has 28 heavy (non-hydrogen) atoms. The van der Waals surface area contributed by atoms with Crippen LogP contribution in [0.15, 0.2) is 24.3 Å². The van der Waals surface area contributed by atoms with E-state index in [0.717, 1.165) is 5.56 Å². The predicted octanol–water partition coefficient (Wildman–Crippen LogP) is 2.83. The maximum atomic E-state index is 12.6. The molecule has 0 aliphatic heterocycles. The molecule has 2 aromatic rings. The molecule has 150 valence electrons. The van der Waals surface area contributed by atoms with Crippen molar-refractivity contribution in [3.8, 4) is 0 Å². The van der Waals surface area contributed by atoms with E-state index in [1.807, 2.05) is 0 Å². The van der Waals surface area contributed by atoms with Crippen LogP contribution in [0.4, 0.5) is 0 Å². The van der Waals surface area contributed by atoms with Crippen molar-refractivity contribution in [1.82, 2.24) is 15.2 Å². The van der Waals surface area contributed by atoms with Crippen LogP contribution in [-0.4, -0.2) is 47.9 Å². The molecule has 7 nitrogen and oxygen atoms in total. The summed E-state index contributed by atoms with van der Waals surface area (Å²) in [5.74, 6) is -0.826. The number of ether oxygens (including phenoxy) is 1. The summed E-state index contributed by atoms with van der Waals surface area (Å²) < 4.78 is 5.25. The number of nitrogens with one attached hydrogen (secondary N) is 2. The molecule has 7 heteroatoms. The summed E-state index contributed by atoms with van der Waals surface area (Å²) in [5.41, 5.74) is 3.35. The Balaban J connectivity index is 2.08. The lowest BCUT2D eigenvalue weighted by atomic mass is 10.1. The number of nitrogens with zero attached hydrogens (tertiary/aromatic N) is 1. The number of aromatic nitrogens is 1. The van der Waals surface area contributed by atoms with E-state index >= 15 is 0 Å². The van der Waals surface area contributed by atoms with Crippen LogP contribution in [0.2, 0.25) is 0 Å². The van der Waals surface area contributed by atoms with E-state index in [2.05, 4.69) is 10.3 Å². The van der Waals surface area contributed by atoms with Crippen LogP contribution in [-0.2, 0) is 11.3 Å². The Morgan fingerprint density at radius 3 is 2.25 bits per heavy atom. The second-order valence-electron chi connectivity index (χ2n) is 7.16. The van der Waals surface area contributed by atoms with Crippen LogP contribution in [0.5, 0.6) is 0 Å². The van der Waals surface area contributed by atoms with Crippen LogP contribution in [0, 0.1) is 13.8 Å². The smallest absolute Gasteiger partial charge is 0.340 e. The number of benzene rings is 1. The van der Waals surface area contributed by atoms with Crippen molar-refractivity contribution >= 4 is 17.8 Å². The summed E-state index contributed by atoms with van der Waals surface area (Å²) in [6.07, 6.45) is -0.235. The molecule has 0 radical (unpaired) electrons. The minimum Gasteiger partial charge on any atom is -0.459 e. The third kappa shape index (κ3) is 4.79. The third-order valence-electron chi connectivity index (χ3n) is 4.27. The van der Waals surface area contributed by atoms with Gasteiger partial charge in [0, 0.05) is 31.9 Å². The van der Waals surface area contributed by atoms with E-state index in [9.17, 15) is 14.4 Å². The minimum atomic E-state index is -0.443. The summed E-state index contributed by atoms with van der Waals surface area (Å²) >= 11 is 0. The highest BCUT2D eigenvalue weighted by Crippen LogP contribution is 2.20. The van der Waals surface area contributed by atoms with Gasteiger partial charge in [-0.05, 0) is 51.0 Å². The number of hydrogen-bond acceptors (Lipinski definition) is 4. The van der Waals surface area contributed by atoms with Gasteiger partial charge in [-0.15, -0.1) is 0 Å². The van der Waals surface area contributed by atoms with Crippen molar-refractivity contribution < 1.29 is 19.1 Å². The first kappa shape index (κ1) is 21.2. The molecule has 1 aromatic heterocycles. The number of amides is 2. The zero-order chi connectivity index (χ0) is 21.0. The second kappa shape index (κ2) is 8.73. The quantitative estimate of drug-likeness (QED) is 0.748. The Labute approximate surface area is 165 Å². The Morgan fingerprint density at radius 2 is 1.71 bits per heavy atom. The van der Waals surface area contributed by atoms with Gasteiger partial charge in [0.1, 0.15) is 5.69 Å². The Morgan fingerprint density at radius 1 is 1.11 bits per heavy atom. The largest absolute Gasteiger partial charge is 0.459 e. The Kier molecular flexibility index (Phi) is 6.62. The molecule has 0 bridgehead atoms. The van der Waals surface area contributed by atoms with Crippen molar-refractivity contribution in [1.29, 1.82) is 0 Å². The van der Waals surface area contributed by atoms with Gasteiger partial charge < -0.3 is 19.9 Å². The zero-order valence-corrected chi connectivity index (χ0v) is 17.2. The van der Waals surface area contributed by atoms with Crippen LogP contribution in [0.1, 0.15) is 61.9 Å². The highest BCUT2D eigenvalue weighted by atomic mass is 16.5.